The number of nitrogens with two attached hydrogens (primary N) is 1. The number of piperidine rings is 1. The van der Waals surface area contributed by atoms with E-state index in [1.165, 1.54) is 0 Å². The van der Waals surface area contributed by atoms with Gasteiger partial charge in [0.25, 0.3) is 5.56 Å². The number of H-pyrrole nitrogens is 1. The van der Waals surface area contributed by atoms with Gasteiger partial charge in [-0.25, -0.2) is 5.01 Å². The van der Waals surface area contributed by atoms with Crippen LogP contribution in [0.1, 0.15) is 24.3 Å². The van der Waals surface area contributed by atoms with Crippen molar-refractivity contribution in [3.8, 4) is 0 Å². The van der Waals surface area contributed by atoms with Gasteiger partial charge in [0.05, 0.1) is 0 Å². The molecule has 0 radical (unpaired) electrons. The summed E-state index contributed by atoms with van der Waals surface area (Å²) in [6.45, 7) is 1.72. The summed E-state index contributed by atoms with van der Waals surface area (Å²) >= 11 is 0. The fourth-order valence-electron chi connectivity index (χ4n) is 2.68. The molecule has 1 fully saturated rings. The summed E-state index contributed by atoms with van der Waals surface area (Å²) in [5.74, 6) is 6.08. The lowest BCUT2D eigenvalue weighted by Gasteiger charge is -2.28. The third kappa shape index (κ3) is 2.05. The zero-order valence-corrected chi connectivity index (χ0v) is 10.2. The fourth-order valence-corrected chi connectivity index (χ4v) is 2.68. The number of rotatable bonds is 1. The van der Waals surface area contributed by atoms with Crippen molar-refractivity contribution in [2.75, 3.05) is 13.1 Å². The van der Waals surface area contributed by atoms with Crippen LogP contribution in [0, 0.1) is 0 Å². The summed E-state index contributed by atoms with van der Waals surface area (Å²) in [4.78, 5) is 15.1. The van der Waals surface area contributed by atoms with Crippen molar-refractivity contribution in [2.45, 2.75) is 18.8 Å². The van der Waals surface area contributed by atoms with E-state index in [2.05, 4.69) is 4.98 Å². The van der Waals surface area contributed by atoms with E-state index in [0.717, 1.165) is 42.4 Å². The Morgan fingerprint density at radius 3 is 2.72 bits per heavy atom. The number of benzene rings is 1. The van der Waals surface area contributed by atoms with E-state index in [1.807, 2.05) is 35.3 Å². The first-order chi connectivity index (χ1) is 8.74. The van der Waals surface area contributed by atoms with Crippen LogP contribution in [-0.4, -0.2) is 23.1 Å². The number of aromatic amines is 1. The minimum atomic E-state index is 0.0455. The van der Waals surface area contributed by atoms with Gasteiger partial charge in [-0.05, 0) is 36.3 Å². The molecule has 3 N–H and O–H groups in total. The average molecular weight is 243 g/mol. The maximum atomic E-state index is 12.1. The molecule has 3 rings (SSSR count). The molecule has 18 heavy (non-hydrogen) atoms. The van der Waals surface area contributed by atoms with Crippen molar-refractivity contribution in [3.63, 3.8) is 0 Å². The monoisotopic (exact) mass is 243 g/mol. The fraction of sp³-hybridized carbons (Fsp3) is 0.357. The number of hydrogen-bond donors (Lipinski definition) is 2. The highest BCUT2D eigenvalue weighted by molar-refractivity contribution is 5.78. The molecule has 4 heteroatoms. The van der Waals surface area contributed by atoms with Crippen molar-refractivity contribution in [1.29, 1.82) is 0 Å². The Kier molecular flexibility index (Phi) is 2.89. The molecule has 0 amide bonds. The highest BCUT2D eigenvalue weighted by Gasteiger charge is 2.21. The van der Waals surface area contributed by atoms with Gasteiger partial charge in [0, 0.05) is 24.2 Å². The predicted octanol–water partition coefficient (Wildman–Crippen LogP) is 1.58. The Labute approximate surface area is 105 Å². The van der Waals surface area contributed by atoms with Crippen LogP contribution in [0.15, 0.2) is 35.1 Å². The van der Waals surface area contributed by atoms with E-state index >= 15 is 0 Å². The van der Waals surface area contributed by atoms with Gasteiger partial charge in [-0.3, -0.25) is 10.6 Å². The molecular formula is C14H17N3O. The number of hydrazine groups is 1. The van der Waals surface area contributed by atoms with Gasteiger partial charge < -0.3 is 4.98 Å². The molecule has 1 aromatic carbocycles. The van der Waals surface area contributed by atoms with Crippen LogP contribution < -0.4 is 11.4 Å². The Bertz CT molecular complexity index is 612. The molecule has 0 aliphatic carbocycles. The first-order valence-corrected chi connectivity index (χ1v) is 6.35. The SMILES string of the molecule is NN1CCC(c2cc3ccccc3[nH]c2=O)CC1. The Morgan fingerprint density at radius 2 is 1.94 bits per heavy atom. The molecular weight excluding hydrogens is 226 g/mol. The molecule has 1 aliphatic rings. The summed E-state index contributed by atoms with van der Waals surface area (Å²) in [5, 5.41) is 2.92. The van der Waals surface area contributed by atoms with E-state index < -0.39 is 0 Å². The second-order valence-electron chi connectivity index (χ2n) is 4.95. The minimum Gasteiger partial charge on any atom is -0.322 e. The maximum absolute atomic E-state index is 12.1. The van der Waals surface area contributed by atoms with Crippen molar-refractivity contribution >= 4 is 10.9 Å². The van der Waals surface area contributed by atoms with Gasteiger partial charge in [-0.1, -0.05) is 18.2 Å². The highest BCUT2D eigenvalue weighted by Crippen LogP contribution is 2.26. The highest BCUT2D eigenvalue weighted by atomic mass is 16.1. The molecule has 2 aromatic rings. The average Bonchev–Trinajstić information content (AvgIpc) is 2.39. The van der Waals surface area contributed by atoms with Crippen LogP contribution in [0.3, 0.4) is 0 Å². The van der Waals surface area contributed by atoms with Gasteiger partial charge in [0.1, 0.15) is 0 Å². The molecule has 2 heterocycles. The van der Waals surface area contributed by atoms with Crippen LogP contribution >= 0.6 is 0 Å². The lowest BCUT2D eigenvalue weighted by Crippen LogP contribution is -2.39. The zero-order chi connectivity index (χ0) is 12.5. The zero-order valence-electron chi connectivity index (χ0n) is 10.2. The van der Waals surface area contributed by atoms with Gasteiger partial charge in [0.2, 0.25) is 0 Å². The second-order valence-corrected chi connectivity index (χ2v) is 4.95. The summed E-state index contributed by atoms with van der Waals surface area (Å²) in [7, 11) is 0. The van der Waals surface area contributed by atoms with Crippen LogP contribution in [0.2, 0.25) is 0 Å². The van der Waals surface area contributed by atoms with Crippen molar-refractivity contribution in [3.05, 3.63) is 46.2 Å². The topological polar surface area (TPSA) is 62.1 Å². The third-order valence-corrected chi connectivity index (χ3v) is 3.75. The van der Waals surface area contributed by atoms with Gasteiger partial charge >= 0.3 is 0 Å². The molecule has 94 valence electrons. The summed E-state index contributed by atoms with van der Waals surface area (Å²) in [5.41, 5.74) is 1.86. The number of aromatic nitrogens is 1. The molecule has 1 aliphatic heterocycles. The minimum absolute atomic E-state index is 0.0455. The molecule has 0 saturated carbocycles. The standard InChI is InChI=1S/C14H17N3O/c15-17-7-5-10(6-8-17)12-9-11-3-1-2-4-13(11)16-14(12)18/h1-4,9-10H,5-8,15H2,(H,16,18). The Morgan fingerprint density at radius 1 is 1.22 bits per heavy atom. The predicted molar refractivity (Wildman–Crippen MR) is 72.3 cm³/mol. The number of fused-ring (bicyclic) bond motifs is 1. The Balaban J connectivity index is 2.01. The van der Waals surface area contributed by atoms with Gasteiger partial charge in [0.15, 0.2) is 0 Å². The molecule has 0 spiro atoms. The molecule has 4 nitrogen and oxygen atoms in total. The van der Waals surface area contributed by atoms with Gasteiger partial charge in [-0.15, -0.1) is 0 Å². The number of nitrogens with one attached hydrogen (secondary N) is 1. The number of nitrogens with zero attached hydrogens (tertiary/aromatic N) is 1. The van der Waals surface area contributed by atoms with Crippen molar-refractivity contribution in [2.24, 2.45) is 5.84 Å². The van der Waals surface area contributed by atoms with E-state index in [4.69, 9.17) is 5.84 Å². The molecule has 0 bridgehead atoms. The van der Waals surface area contributed by atoms with E-state index in [1.54, 1.807) is 0 Å². The third-order valence-electron chi connectivity index (χ3n) is 3.75. The van der Waals surface area contributed by atoms with Crippen LogP contribution in [0.5, 0.6) is 0 Å². The molecule has 1 saturated heterocycles. The largest absolute Gasteiger partial charge is 0.322 e. The quantitative estimate of drug-likeness (QED) is 0.747. The smallest absolute Gasteiger partial charge is 0.251 e. The van der Waals surface area contributed by atoms with Crippen molar-refractivity contribution in [1.82, 2.24) is 9.99 Å². The normalized spacial score (nSPS) is 18.3. The van der Waals surface area contributed by atoms with Crippen LogP contribution in [0.25, 0.3) is 10.9 Å². The van der Waals surface area contributed by atoms with Crippen molar-refractivity contribution < 1.29 is 0 Å². The summed E-state index contributed by atoms with van der Waals surface area (Å²) < 4.78 is 0. The molecule has 0 atom stereocenters. The van der Waals surface area contributed by atoms with Gasteiger partial charge in [-0.2, -0.15) is 0 Å². The van der Waals surface area contributed by atoms with E-state index in [-0.39, 0.29) is 5.56 Å². The summed E-state index contributed by atoms with van der Waals surface area (Å²) in [6, 6.07) is 9.93. The maximum Gasteiger partial charge on any atom is 0.251 e. The number of pyridine rings is 1. The Hall–Kier alpha value is -1.65. The van der Waals surface area contributed by atoms with Crippen LogP contribution in [-0.2, 0) is 0 Å². The number of para-hydroxylation sites is 1. The lowest BCUT2D eigenvalue weighted by atomic mass is 9.90. The number of hydrogen-bond acceptors (Lipinski definition) is 3. The van der Waals surface area contributed by atoms with Crippen LogP contribution in [0.4, 0.5) is 0 Å². The van der Waals surface area contributed by atoms with E-state index in [0.29, 0.717) is 5.92 Å². The molecule has 1 aromatic heterocycles. The summed E-state index contributed by atoms with van der Waals surface area (Å²) in [6.07, 6.45) is 1.91. The second kappa shape index (κ2) is 4.55. The lowest BCUT2D eigenvalue weighted by molar-refractivity contribution is 0.217. The first kappa shape index (κ1) is 11.4. The van der Waals surface area contributed by atoms with E-state index in [9.17, 15) is 4.79 Å². The first-order valence-electron chi connectivity index (χ1n) is 6.35. The molecule has 0 unspecified atom stereocenters.